The predicted octanol–water partition coefficient (Wildman–Crippen LogP) is 1.78. The zero-order valence-electron chi connectivity index (χ0n) is 12.7. The van der Waals surface area contributed by atoms with Crippen molar-refractivity contribution in [2.45, 2.75) is 44.0 Å². The largest absolute Gasteiger partial charge is 0.409 e. The number of benzene rings is 1. The summed E-state index contributed by atoms with van der Waals surface area (Å²) in [5.74, 6) is 0.00263. The number of aryl methyl sites for hydroxylation is 1. The normalized spacial score (nSPS) is 14.4. The summed E-state index contributed by atoms with van der Waals surface area (Å²) in [5.41, 5.74) is 6.54. The maximum atomic E-state index is 12.5. The lowest BCUT2D eigenvalue weighted by atomic mass is 10.1. The zero-order chi connectivity index (χ0) is 16.0. The Morgan fingerprint density at radius 2 is 1.95 bits per heavy atom. The van der Waals surface area contributed by atoms with Crippen molar-refractivity contribution < 1.29 is 13.6 Å². The Labute approximate surface area is 126 Å². The Morgan fingerprint density at radius 3 is 2.43 bits per heavy atom. The second-order valence-corrected chi connectivity index (χ2v) is 7.06. The van der Waals surface area contributed by atoms with Crippen LogP contribution in [0.15, 0.2) is 34.3 Å². The first-order chi connectivity index (χ1) is 9.82. The highest BCUT2D eigenvalue weighted by Gasteiger charge is 2.25. The molecule has 1 aromatic rings. The fourth-order valence-electron chi connectivity index (χ4n) is 1.99. The van der Waals surface area contributed by atoms with E-state index in [-0.39, 0.29) is 17.2 Å². The zero-order valence-corrected chi connectivity index (χ0v) is 13.5. The maximum Gasteiger partial charge on any atom is 0.243 e. The van der Waals surface area contributed by atoms with E-state index in [1.165, 1.54) is 11.4 Å². The fourth-order valence-corrected chi connectivity index (χ4v) is 3.35. The monoisotopic (exact) mass is 313 g/mol. The number of nitrogens with zero attached hydrogens (tertiary/aromatic N) is 2. The van der Waals surface area contributed by atoms with E-state index in [1.54, 1.807) is 19.1 Å². The van der Waals surface area contributed by atoms with Crippen LogP contribution in [0.3, 0.4) is 0 Å². The molecule has 0 saturated heterocycles. The van der Waals surface area contributed by atoms with Gasteiger partial charge in [0.1, 0.15) is 5.84 Å². The van der Waals surface area contributed by atoms with Crippen molar-refractivity contribution in [2.24, 2.45) is 10.9 Å². The lowest BCUT2D eigenvalue weighted by Crippen LogP contribution is -2.37. The number of hydrogen-bond donors (Lipinski definition) is 2. The van der Waals surface area contributed by atoms with Crippen LogP contribution in [0.4, 0.5) is 0 Å². The van der Waals surface area contributed by atoms with E-state index in [9.17, 15) is 8.42 Å². The van der Waals surface area contributed by atoms with E-state index in [0.29, 0.717) is 0 Å². The molecule has 0 aliphatic heterocycles. The molecule has 21 heavy (non-hydrogen) atoms. The number of amidine groups is 1. The van der Waals surface area contributed by atoms with E-state index in [0.717, 1.165) is 18.4 Å². The van der Waals surface area contributed by atoms with Gasteiger partial charge in [-0.05, 0) is 31.0 Å². The van der Waals surface area contributed by atoms with Gasteiger partial charge in [0.2, 0.25) is 10.0 Å². The van der Waals surface area contributed by atoms with E-state index in [1.807, 2.05) is 12.1 Å². The third kappa shape index (κ3) is 4.44. The summed E-state index contributed by atoms with van der Waals surface area (Å²) >= 11 is 0. The van der Waals surface area contributed by atoms with Crippen molar-refractivity contribution in [3.05, 3.63) is 29.8 Å². The highest BCUT2D eigenvalue weighted by molar-refractivity contribution is 7.89. The van der Waals surface area contributed by atoms with E-state index < -0.39 is 16.1 Å². The van der Waals surface area contributed by atoms with Crippen molar-refractivity contribution >= 4 is 15.9 Å². The summed E-state index contributed by atoms with van der Waals surface area (Å²) in [6, 6.07) is 6.50. The molecule has 7 heteroatoms. The Balaban J connectivity index is 2.93. The molecule has 0 heterocycles. The number of hydrogen-bond acceptors (Lipinski definition) is 4. The van der Waals surface area contributed by atoms with Gasteiger partial charge in [-0.25, -0.2) is 8.42 Å². The van der Waals surface area contributed by atoms with Crippen LogP contribution in [0.1, 0.15) is 32.3 Å². The number of oxime groups is 1. The molecule has 0 aliphatic rings. The van der Waals surface area contributed by atoms with Crippen molar-refractivity contribution in [3.8, 4) is 0 Å². The van der Waals surface area contributed by atoms with Gasteiger partial charge < -0.3 is 10.9 Å². The Kier molecular flexibility index (Phi) is 6.17. The van der Waals surface area contributed by atoms with Crippen LogP contribution in [0.2, 0.25) is 0 Å². The van der Waals surface area contributed by atoms with E-state index in [4.69, 9.17) is 10.9 Å². The van der Waals surface area contributed by atoms with E-state index in [2.05, 4.69) is 12.1 Å². The van der Waals surface area contributed by atoms with Gasteiger partial charge in [0.15, 0.2) is 0 Å². The highest BCUT2D eigenvalue weighted by atomic mass is 32.2. The standard InChI is InChI=1S/C14H23N3O3S/c1-4-5-12-6-8-13(9-7-12)21(19,20)17(3)11(2)10-14(15)16-18/h6-9,11,18H,4-5,10H2,1-3H3,(H2,15,16). The third-order valence-corrected chi connectivity index (χ3v) is 5.38. The molecule has 6 nitrogen and oxygen atoms in total. The topological polar surface area (TPSA) is 96.0 Å². The summed E-state index contributed by atoms with van der Waals surface area (Å²) in [6.07, 6.45) is 2.11. The minimum Gasteiger partial charge on any atom is -0.409 e. The molecule has 0 aliphatic carbocycles. The van der Waals surface area contributed by atoms with Gasteiger partial charge >= 0.3 is 0 Å². The molecule has 1 unspecified atom stereocenters. The molecule has 0 radical (unpaired) electrons. The van der Waals surface area contributed by atoms with Crippen LogP contribution in [0.5, 0.6) is 0 Å². The lowest BCUT2D eigenvalue weighted by Gasteiger charge is -2.24. The quantitative estimate of drug-likeness (QED) is 0.347. The smallest absolute Gasteiger partial charge is 0.243 e. The van der Waals surface area contributed by atoms with Gasteiger partial charge in [-0.1, -0.05) is 30.6 Å². The molecule has 1 aromatic carbocycles. The average Bonchev–Trinajstić information content (AvgIpc) is 2.47. The number of nitrogens with two attached hydrogens (primary N) is 1. The van der Waals surface area contributed by atoms with Crippen LogP contribution in [-0.4, -0.2) is 36.9 Å². The average molecular weight is 313 g/mol. The lowest BCUT2D eigenvalue weighted by molar-refractivity contribution is 0.313. The Morgan fingerprint density at radius 1 is 1.38 bits per heavy atom. The van der Waals surface area contributed by atoms with Gasteiger partial charge in [0, 0.05) is 19.5 Å². The van der Waals surface area contributed by atoms with Crippen LogP contribution < -0.4 is 5.73 Å². The first-order valence-electron chi connectivity index (χ1n) is 6.86. The molecule has 1 atom stereocenters. The Hall–Kier alpha value is -1.60. The van der Waals surface area contributed by atoms with Gasteiger partial charge in [0.25, 0.3) is 0 Å². The second-order valence-electron chi connectivity index (χ2n) is 5.06. The minimum atomic E-state index is -3.58. The van der Waals surface area contributed by atoms with Gasteiger partial charge in [-0.15, -0.1) is 0 Å². The first kappa shape index (κ1) is 17.5. The summed E-state index contributed by atoms with van der Waals surface area (Å²) < 4.78 is 26.2. The highest BCUT2D eigenvalue weighted by Crippen LogP contribution is 2.19. The molecule has 1 rings (SSSR count). The van der Waals surface area contributed by atoms with Crippen molar-refractivity contribution in [1.29, 1.82) is 0 Å². The van der Waals surface area contributed by atoms with Crippen molar-refractivity contribution in [2.75, 3.05) is 7.05 Å². The predicted molar refractivity (Wildman–Crippen MR) is 82.9 cm³/mol. The van der Waals surface area contributed by atoms with Gasteiger partial charge in [0.05, 0.1) is 4.90 Å². The first-order valence-corrected chi connectivity index (χ1v) is 8.30. The molecule has 0 fully saturated rings. The molecule has 118 valence electrons. The van der Waals surface area contributed by atoms with Crippen molar-refractivity contribution in [1.82, 2.24) is 4.31 Å². The summed E-state index contributed by atoms with van der Waals surface area (Å²) in [4.78, 5) is 0.246. The molecule has 0 saturated carbocycles. The van der Waals surface area contributed by atoms with Crippen LogP contribution in [-0.2, 0) is 16.4 Å². The summed E-state index contributed by atoms with van der Waals surface area (Å²) in [6.45, 7) is 3.79. The number of rotatable bonds is 7. The summed E-state index contributed by atoms with van der Waals surface area (Å²) in [7, 11) is -2.09. The molecular weight excluding hydrogens is 290 g/mol. The van der Waals surface area contributed by atoms with E-state index >= 15 is 0 Å². The van der Waals surface area contributed by atoms with Crippen LogP contribution >= 0.6 is 0 Å². The molecule has 0 bridgehead atoms. The van der Waals surface area contributed by atoms with Gasteiger partial charge in [-0.2, -0.15) is 4.31 Å². The molecular formula is C14H23N3O3S. The molecule has 0 spiro atoms. The fraction of sp³-hybridized carbons (Fsp3) is 0.500. The maximum absolute atomic E-state index is 12.5. The van der Waals surface area contributed by atoms with Crippen LogP contribution in [0.25, 0.3) is 0 Å². The molecule has 0 amide bonds. The minimum absolute atomic E-state index is 0.00263. The molecule has 0 aromatic heterocycles. The third-order valence-electron chi connectivity index (χ3n) is 3.39. The van der Waals surface area contributed by atoms with Crippen LogP contribution in [0, 0.1) is 0 Å². The SMILES string of the molecule is CCCc1ccc(S(=O)(=O)N(C)C(C)CC(N)=NO)cc1. The number of sulfonamides is 1. The Bertz CT molecular complexity index is 582. The summed E-state index contributed by atoms with van der Waals surface area (Å²) in [5, 5.41) is 11.4. The second kappa shape index (κ2) is 7.42. The van der Waals surface area contributed by atoms with Crippen molar-refractivity contribution in [3.63, 3.8) is 0 Å². The molecule has 3 N–H and O–H groups in total. The van der Waals surface area contributed by atoms with Gasteiger partial charge in [-0.3, -0.25) is 0 Å².